The predicted octanol–water partition coefficient (Wildman–Crippen LogP) is 1.08. The average Bonchev–Trinajstić information content (AvgIpc) is 3.61. The molecule has 6 fully saturated rings. The topological polar surface area (TPSA) is 194 Å². The Morgan fingerprint density at radius 3 is 2.33 bits per heavy atom. The molecule has 17 atom stereocenters. The molecule has 3 aliphatic heterocycles. The molecule has 278 valence electrons. The van der Waals surface area contributed by atoms with E-state index in [-0.39, 0.29) is 40.7 Å². The van der Waals surface area contributed by atoms with Gasteiger partial charge in [-0.2, -0.15) is 0 Å². The summed E-state index contributed by atoms with van der Waals surface area (Å²) in [5, 5.41) is 65.4. The predicted molar refractivity (Wildman–Crippen MR) is 170 cm³/mol. The molecule has 0 aromatic carbocycles. The summed E-state index contributed by atoms with van der Waals surface area (Å²) in [6.07, 6.45) is -1.10. The highest BCUT2D eigenvalue weighted by molar-refractivity contribution is 5.85. The third-order valence-electron chi connectivity index (χ3n) is 14.5. The minimum atomic E-state index is -1.56. The number of cyclic esters (lactones) is 1. The highest BCUT2D eigenvalue weighted by Crippen LogP contribution is 2.70. The van der Waals surface area contributed by atoms with Crippen LogP contribution in [0.2, 0.25) is 0 Å². The van der Waals surface area contributed by atoms with Gasteiger partial charge in [-0.15, -0.1) is 0 Å². The number of hydrogen-bond acceptors (Lipinski definition) is 13. The number of hydrogen-bond donors (Lipinski definition) is 6. The summed E-state index contributed by atoms with van der Waals surface area (Å²) >= 11 is 0. The van der Waals surface area contributed by atoms with Gasteiger partial charge < -0.3 is 59.1 Å². The summed E-state index contributed by atoms with van der Waals surface area (Å²) in [6, 6.07) is 0. The van der Waals surface area contributed by atoms with Crippen molar-refractivity contribution in [3.8, 4) is 0 Å². The van der Waals surface area contributed by atoms with E-state index in [1.54, 1.807) is 20.1 Å². The average molecular weight is 697 g/mol. The van der Waals surface area contributed by atoms with Gasteiger partial charge in [-0.25, -0.2) is 4.79 Å². The van der Waals surface area contributed by atoms with Crippen LogP contribution in [0, 0.1) is 28.6 Å². The summed E-state index contributed by atoms with van der Waals surface area (Å²) in [4.78, 5) is 11.9. The van der Waals surface area contributed by atoms with E-state index in [0.717, 1.165) is 44.1 Å². The van der Waals surface area contributed by atoms with Crippen LogP contribution in [0.3, 0.4) is 0 Å². The lowest BCUT2D eigenvalue weighted by molar-refractivity contribution is -0.347. The number of carbonyl (C=O) groups excluding carboxylic acids is 1. The first-order valence-corrected chi connectivity index (χ1v) is 18.3. The molecule has 13 nitrogen and oxygen atoms in total. The third-order valence-corrected chi connectivity index (χ3v) is 14.5. The van der Waals surface area contributed by atoms with Crippen LogP contribution in [0.4, 0.5) is 0 Å². The van der Waals surface area contributed by atoms with Crippen LogP contribution in [0.1, 0.15) is 85.0 Å². The minimum absolute atomic E-state index is 0.0724. The van der Waals surface area contributed by atoms with Crippen molar-refractivity contribution in [3.05, 3.63) is 11.6 Å². The monoisotopic (exact) mass is 696 g/mol. The number of aliphatic hydroxyl groups is 6. The smallest absolute Gasteiger partial charge is 0.331 e. The van der Waals surface area contributed by atoms with E-state index in [4.69, 9.17) is 28.4 Å². The molecule has 6 N–H and O–H groups in total. The molecule has 0 aromatic heterocycles. The number of carbonyl (C=O) groups is 1. The first-order chi connectivity index (χ1) is 23.2. The fourth-order valence-corrected chi connectivity index (χ4v) is 11.5. The summed E-state index contributed by atoms with van der Waals surface area (Å²) < 4.78 is 35.4. The van der Waals surface area contributed by atoms with Gasteiger partial charge in [0, 0.05) is 31.4 Å². The summed E-state index contributed by atoms with van der Waals surface area (Å²) in [5.41, 5.74) is -1.52. The van der Waals surface area contributed by atoms with E-state index in [1.165, 1.54) is 0 Å². The van der Waals surface area contributed by atoms with Crippen molar-refractivity contribution >= 4 is 5.97 Å². The Labute approximate surface area is 287 Å². The zero-order chi connectivity index (χ0) is 35.1. The number of methoxy groups -OCH3 is 1. The minimum Gasteiger partial charge on any atom is -0.458 e. The fourth-order valence-electron chi connectivity index (χ4n) is 11.5. The molecule has 3 heterocycles. The SMILES string of the molecule is CO[C@@H]1C[C@@H](O[C@@H]2CC[C@@]3(C)[C@@H]4CC[C@@]5(C)[C@H](C6=CC(=O)OC6)CC[C@@]5(O)[C@H]4CC[C@@]3(O)C2)O[C@@H](C)[C@@H]1O[C@H]1O[C@@H](CO)[C@H](O)[C@@H](O)[C@@H]1O. The molecule has 0 amide bonds. The zero-order valence-electron chi connectivity index (χ0n) is 29.1. The molecule has 0 spiro atoms. The number of ether oxygens (including phenoxy) is 6. The number of aliphatic hydroxyl groups excluding tert-OH is 4. The number of fused-ring (bicyclic) bond motifs is 5. The van der Waals surface area contributed by atoms with Crippen molar-refractivity contribution in [3.63, 3.8) is 0 Å². The van der Waals surface area contributed by atoms with E-state index in [2.05, 4.69) is 13.8 Å². The van der Waals surface area contributed by atoms with Gasteiger partial charge in [-0.05, 0) is 87.0 Å². The molecule has 0 aromatic rings. The van der Waals surface area contributed by atoms with Gasteiger partial charge in [-0.1, -0.05) is 13.8 Å². The van der Waals surface area contributed by atoms with E-state index >= 15 is 0 Å². The van der Waals surface area contributed by atoms with Crippen LogP contribution in [0.25, 0.3) is 0 Å². The van der Waals surface area contributed by atoms with Crippen molar-refractivity contribution in [2.45, 2.75) is 158 Å². The van der Waals surface area contributed by atoms with Crippen molar-refractivity contribution < 1.29 is 63.9 Å². The van der Waals surface area contributed by atoms with Crippen molar-refractivity contribution in [2.24, 2.45) is 28.6 Å². The third kappa shape index (κ3) is 5.65. The van der Waals surface area contributed by atoms with Gasteiger partial charge in [-0.3, -0.25) is 0 Å². The first kappa shape index (κ1) is 36.1. The second-order valence-electron chi connectivity index (χ2n) is 16.6. The molecule has 7 rings (SSSR count). The van der Waals surface area contributed by atoms with Gasteiger partial charge in [0.25, 0.3) is 0 Å². The van der Waals surface area contributed by atoms with Crippen molar-refractivity contribution in [2.75, 3.05) is 20.3 Å². The van der Waals surface area contributed by atoms with Crippen LogP contribution in [0.15, 0.2) is 11.6 Å². The second-order valence-corrected chi connectivity index (χ2v) is 16.6. The van der Waals surface area contributed by atoms with Gasteiger partial charge in [0.05, 0.1) is 36.1 Å². The summed E-state index contributed by atoms with van der Waals surface area (Å²) in [7, 11) is 1.55. The van der Waals surface area contributed by atoms with Gasteiger partial charge >= 0.3 is 5.97 Å². The van der Waals surface area contributed by atoms with Gasteiger partial charge in [0.1, 0.15) is 37.1 Å². The lowest BCUT2D eigenvalue weighted by Gasteiger charge is -2.66. The summed E-state index contributed by atoms with van der Waals surface area (Å²) in [5.74, 6) is 0.0783. The maximum absolute atomic E-state index is 12.5. The molecule has 7 aliphatic rings. The molecule has 4 aliphatic carbocycles. The standard InChI is InChI=1S/C36H56O13/c1-18-31(49-32-30(41)29(40)28(39)25(16-37)48-32)24(44-4)14-27(46-18)47-20-5-9-33(2)22-6-10-34(3)21(19-13-26(38)45-17-19)8-12-36(34,43)23(22)7-11-35(33,42)15-20/h13,18,20-25,27-32,37,39-43H,5-12,14-17H2,1-4H3/t18-,20+,21-,22+,23-,24+,25-,27+,28-,29+,30-,31-,32+,33-,34-,35+,36+/m0/s1. The quantitative estimate of drug-likeness (QED) is 0.164. The Bertz CT molecular complexity index is 1280. The van der Waals surface area contributed by atoms with E-state index in [1.807, 2.05) is 0 Å². The van der Waals surface area contributed by atoms with Crippen molar-refractivity contribution in [1.29, 1.82) is 0 Å². The fraction of sp³-hybridized carbons (Fsp3) is 0.917. The van der Waals surface area contributed by atoms with Crippen LogP contribution in [0.5, 0.6) is 0 Å². The Balaban J connectivity index is 0.994. The number of rotatable bonds is 7. The van der Waals surface area contributed by atoms with Gasteiger partial charge in [0.2, 0.25) is 0 Å². The molecular weight excluding hydrogens is 640 g/mol. The Kier molecular flexibility index (Phi) is 9.60. The van der Waals surface area contributed by atoms with Crippen LogP contribution in [-0.4, -0.2) is 130 Å². The van der Waals surface area contributed by atoms with E-state index < -0.39 is 73.1 Å². The molecular formula is C36H56O13. The molecule has 0 radical (unpaired) electrons. The molecule has 4 saturated carbocycles. The van der Waals surface area contributed by atoms with Crippen LogP contribution in [-0.2, 0) is 33.2 Å². The van der Waals surface area contributed by atoms with Crippen LogP contribution < -0.4 is 0 Å². The van der Waals surface area contributed by atoms with Gasteiger partial charge in [0.15, 0.2) is 12.6 Å². The summed E-state index contributed by atoms with van der Waals surface area (Å²) in [6.45, 7) is 5.98. The largest absolute Gasteiger partial charge is 0.458 e. The maximum atomic E-state index is 12.5. The zero-order valence-corrected chi connectivity index (χ0v) is 29.1. The number of esters is 1. The van der Waals surface area contributed by atoms with Crippen LogP contribution >= 0.6 is 0 Å². The highest BCUT2D eigenvalue weighted by atomic mass is 16.7. The molecule has 49 heavy (non-hydrogen) atoms. The van der Waals surface area contributed by atoms with E-state index in [0.29, 0.717) is 32.3 Å². The molecule has 0 unspecified atom stereocenters. The second kappa shape index (κ2) is 13.0. The lowest BCUT2D eigenvalue weighted by Crippen LogP contribution is -2.67. The molecule has 13 heteroatoms. The maximum Gasteiger partial charge on any atom is 0.331 e. The molecule has 0 bridgehead atoms. The molecule has 2 saturated heterocycles. The van der Waals surface area contributed by atoms with E-state index in [9.17, 15) is 35.4 Å². The normalized spacial score (nSPS) is 54.4. The Morgan fingerprint density at radius 1 is 0.898 bits per heavy atom. The Morgan fingerprint density at radius 2 is 1.63 bits per heavy atom. The Hall–Kier alpha value is -1.23. The lowest BCUT2D eigenvalue weighted by atomic mass is 9.42. The first-order valence-electron chi connectivity index (χ1n) is 18.3. The van der Waals surface area contributed by atoms with Crippen molar-refractivity contribution in [1.82, 2.24) is 0 Å². The highest BCUT2D eigenvalue weighted by Gasteiger charge is 2.70.